The third kappa shape index (κ3) is 3.37. The summed E-state index contributed by atoms with van der Waals surface area (Å²) in [6.45, 7) is 3.14. The Morgan fingerprint density at radius 1 is 1.38 bits per heavy atom. The molecule has 1 heterocycles. The van der Waals surface area contributed by atoms with Crippen LogP contribution in [-0.4, -0.2) is 8.42 Å². The molecule has 1 aromatic heterocycles. The normalized spacial score (nSPS) is 11.8. The number of thiophene rings is 1. The lowest BCUT2D eigenvalue weighted by atomic mass is 10.1. The number of nitrogen functional groups attached to an aromatic ring is 1. The van der Waals surface area contributed by atoms with E-state index in [9.17, 15) is 12.8 Å². The molecule has 0 saturated carbocycles. The molecule has 0 spiro atoms. The molecule has 0 amide bonds. The molecule has 2 rings (SSSR count). The number of benzene rings is 1. The zero-order chi connectivity index (χ0) is 15.8. The van der Waals surface area contributed by atoms with Crippen molar-refractivity contribution < 1.29 is 12.8 Å². The molecule has 0 radical (unpaired) electrons. The van der Waals surface area contributed by atoms with Gasteiger partial charge in [0.2, 0.25) is 10.0 Å². The van der Waals surface area contributed by atoms with E-state index in [0.717, 1.165) is 10.9 Å². The van der Waals surface area contributed by atoms with Crippen LogP contribution in [-0.2, 0) is 16.6 Å². The highest BCUT2D eigenvalue weighted by Crippen LogP contribution is 2.28. The first kappa shape index (κ1) is 16.2. The summed E-state index contributed by atoms with van der Waals surface area (Å²) < 4.78 is 41.4. The monoisotopic (exact) mass is 348 g/mol. The average molecular weight is 349 g/mol. The Hall–Kier alpha value is -1.15. The largest absolute Gasteiger partial charge is 0.396 e. The summed E-state index contributed by atoms with van der Waals surface area (Å²) in [5.41, 5.74) is 5.95. The quantitative estimate of drug-likeness (QED) is 0.833. The van der Waals surface area contributed by atoms with E-state index in [2.05, 4.69) is 4.72 Å². The average Bonchev–Trinajstić information content (AvgIpc) is 2.79. The summed E-state index contributed by atoms with van der Waals surface area (Å²) in [5, 5.41) is 0. The SMILES string of the molecule is Cc1cc(F)c(N)c(C)c1S(=O)(=O)NCc1ccc(Cl)s1. The highest BCUT2D eigenvalue weighted by atomic mass is 35.5. The van der Waals surface area contributed by atoms with Gasteiger partial charge in [-0.1, -0.05) is 11.6 Å². The molecule has 8 heteroatoms. The van der Waals surface area contributed by atoms with Crippen molar-refractivity contribution in [1.82, 2.24) is 4.72 Å². The fourth-order valence-corrected chi connectivity index (χ4v) is 4.63. The van der Waals surface area contributed by atoms with Crippen LogP contribution in [0, 0.1) is 19.7 Å². The van der Waals surface area contributed by atoms with Gasteiger partial charge in [0.1, 0.15) is 5.82 Å². The minimum absolute atomic E-state index is 0.0176. The third-order valence-corrected chi connectivity index (χ3v) is 5.96. The van der Waals surface area contributed by atoms with Gasteiger partial charge in [0.25, 0.3) is 0 Å². The standard InChI is InChI=1S/C13H14ClFN2O2S2/c1-7-5-10(15)12(16)8(2)13(7)21(18,19)17-6-9-3-4-11(14)20-9/h3-5,17H,6,16H2,1-2H3. The van der Waals surface area contributed by atoms with E-state index in [1.807, 2.05) is 0 Å². The second-order valence-electron chi connectivity index (χ2n) is 4.57. The van der Waals surface area contributed by atoms with Gasteiger partial charge in [-0.25, -0.2) is 17.5 Å². The molecule has 0 aliphatic rings. The van der Waals surface area contributed by atoms with Crippen molar-refractivity contribution in [2.75, 3.05) is 5.73 Å². The van der Waals surface area contributed by atoms with Gasteiger partial charge in [-0.05, 0) is 43.2 Å². The van der Waals surface area contributed by atoms with Crippen molar-refractivity contribution >= 4 is 38.6 Å². The van der Waals surface area contributed by atoms with E-state index in [-0.39, 0.29) is 22.7 Å². The molecule has 0 fully saturated rings. The van der Waals surface area contributed by atoms with Crippen molar-refractivity contribution in [2.45, 2.75) is 25.3 Å². The number of hydrogen-bond donors (Lipinski definition) is 2. The summed E-state index contributed by atoms with van der Waals surface area (Å²) in [6, 6.07) is 4.56. The lowest BCUT2D eigenvalue weighted by Gasteiger charge is -2.14. The Morgan fingerprint density at radius 2 is 2.05 bits per heavy atom. The molecule has 0 aliphatic heterocycles. The van der Waals surface area contributed by atoms with Crippen LogP contribution in [0.15, 0.2) is 23.1 Å². The summed E-state index contributed by atoms with van der Waals surface area (Å²) in [5.74, 6) is -0.617. The molecule has 4 nitrogen and oxygen atoms in total. The van der Waals surface area contributed by atoms with Crippen molar-refractivity contribution in [3.05, 3.63) is 44.4 Å². The molecule has 0 atom stereocenters. The zero-order valence-electron chi connectivity index (χ0n) is 11.4. The minimum Gasteiger partial charge on any atom is -0.396 e. The van der Waals surface area contributed by atoms with Crippen LogP contribution >= 0.6 is 22.9 Å². The van der Waals surface area contributed by atoms with Crippen molar-refractivity contribution in [3.8, 4) is 0 Å². The second kappa shape index (κ2) is 5.92. The van der Waals surface area contributed by atoms with E-state index in [1.54, 1.807) is 12.1 Å². The van der Waals surface area contributed by atoms with Gasteiger partial charge in [-0.3, -0.25) is 0 Å². The highest BCUT2D eigenvalue weighted by molar-refractivity contribution is 7.89. The number of anilines is 1. The molecule has 21 heavy (non-hydrogen) atoms. The molecule has 0 aliphatic carbocycles. The van der Waals surface area contributed by atoms with Crippen LogP contribution in [0.1, 0.15) is 16.0 Å². The lowest BCUT2D eigenvalue weighted by Crippen LogP contribution is -2.25. The Labute approximate surface area is 131 Å². The first-order valence-corrected chi connectivity index (χ1v) is 8.69. The highest BCUT2D eigenvalue weighted by Gasteiger charge is 2.22. The molecular weight excluding hydrogens is 335 g/mol. The van der Waals surface area contributed by atoms with Crippen molar-refractivity contribution in [1.29, 1.82) is 0 Å². The Morgan fingerprint density at radius 3 is 2.62 bits per heavy atom. The Balaban J connectivity index is 2.34. The minimum atomic E-state index is -3.78. The fourth-order valence-electron chi connectivity index (χ4n) is 2.03. The molecule has 0 bridgehead atoms. The summed E-state index contributed by atoms with van der Waals surface area (Å²) in [7, 11) is -3.78. The first-order valence-electron chi connectivity index (χ1n) is 6.01. The van der Waals surface area contributed by atoms with Gasteiger partial charge >= 0.3 is 0 Å². The molecule has 0 saturated heterocycles. The van der Waals surface area contributed by atoms with Crippen LogP contribution in [0.3, 0.4) is 0 Å². The van der Waals surface area contributed by atoms with E-state index in [1.165, 1.54) is 25.2 Å². The van der Waals surface area contributed by atoms with Crippen LogP contribution in [0.5, 0.6) is 0 Å². The molecule has 2 aromatic rings. The topological polar surface area (TPSA) is 72.2 Å². The van der Waals surface area contributed by atoms with Crippen molar-refractivity contribution in [2.24, 2.45) is 0 Å². The van der Waals surface area contributed by atoms with E-state index < -0.39 is 15.8 Å². The Kier molecular flexibility index (Phi) is 4.57. The maximum Gasteiger partial charge on any atom is 0.241 e. The second-order valence-corrected chi connectivity index (χ2v) is 8.08. The smallest absolute Gasteiger partial charge is 0.241 e. The van der Waals surface area contributed by atoms with Gasteiger partial charge in [0, 0.05) is 11.4 Å². The van der Waals surface area contributed by atoms with Gasteiger partial charge in [-0.15, -0.1) is 11.3 Å². The Bertz CT molecular complexity index is 788. The van der Waals surface area contributed by atoms with Crippen LogP contribution in [0.2, 0.25) is 4.34 Å². The summed E-state index contributed by atoms with van der Waals surface area (Å²) in [4.78, 5) is 0.804. The number of rotatable bonds is 4. The molecule has 0 unspecified atom stereocenters. The predicted molar refractivity (Wildman–Crippen MR) is 83.6 cm³/mol. The summed E-state index contributed by atoms with van der Waals surface area (Å²) >= 11 is 7.09. The van der Waals surface area contributed by atoms with Crippen molar-refractivity contribution in [3.63, 3.8) is 0 Å². The number of sulfonamides is 1. The van der Waals surface area contributed by atoms with Gasteiger partial charge in [-0.2, -0.15) is 0 Å². The van der Waals surface area contributed by atoms with E-state index in [4.69, 9.17) is 17.3 Å². The molecule has 1 aromatic carbocycles. The zero-order valence-corrected chi connectivity index (χ0v) is 13.8. The first-order chi connectivity index (χ1) is 9.72. The van der Waals surface area contributed by atoms with E-state index in [0.29, 0.717) is 9.90 Å². The van der Waals surface area contributed by atoms with Gasteiger partial charge < -0.3 is 5.73 Å². The number of aryl methyl sites for hydroxylation is 1. The predicted octanol–water partition coefficient (Wildman–Crippen LogP) is 3.22. The van der Waals surface area contributed by atoms with Gasteiger partial charge in [0.05, 0.1) is 14.9 Å². The number of halogens is 2. The van der Waals surface area contributed by atoms with Gasteiger partial charge in [0.15, 0.2) is 0 Å². The number of nitrogens with two attached hydrogens (primary N) is 1. The third-order valence-electron chi connectivity index (χ3n) is 3.04. The van der Waals surface area contributed by atoms with Crippen LogP contribution < -0.4 is 10.5 Å². The maximum atomic E-state index is 13.5. The molecular formula is C13H14ClFN2O2S2. The fraction of sp³-hybridized carbons (Fsp3) is 0.231. The lowest BCUT2D eigenvalue weighted by molar-refractivity contribution is 0.579. The number of hydrogen-bond acceptors (Lipinski definition) is 4. The maximum absolute atomic E-state index is 13.5. The van der Waals surface area contributed by atoms with Crippen LogP contribution in [0.25, 0.3) is 0 Å². The molecule has 3 N–H and O–H groups in total. The number of nitrogens with one attached hydrogen (secondary N) is 1. The molecule has 114 valence electrons. The van der Waals surface area contributed by atoms with Crippen LogP contribution in [0.4, 0.5) is 10.1 Å². The van der Waals surface area contributed by atoms with E-state index >= 15 is 0 Å². The summed E-state index contributed by atoms with van der Waals surface area (Å²) in [6.07, 6.45) is 0.